The second-order valence-electron chi connectivity index (χ2n) is 8.86. The number of halogens is 1. The molecule has 0 unspecified atom stereocenters. The highest BCUT2D eigenvalue weighted by Gasteiger charge is 2.36. The molecule has 216 valence electrons. The molecule has 14 heteroatoms. The largest absolute Gasteiger partial charge is 0.490 e. The molecule has 0 radical (unpaired) electrons. The maximum absolute atomic E-state index is 13.0. The number of anilines is 1. The first kappa shape index (κ1) is 29.0. The summed E-state index contributed by atoms with van der Waals surface area (Å²) in [5.74, 6) is 0.698. The zero-order chi connectivity index (χ0) is 29.8. The van der Waals surface area contributed by atoms with Crippen LogP contribution < -0.4 is 24.3 Å². The Morgan fingerprint density at radius 2 is 1.88 bits per heavy atom. The van der Waals surface area contributed by atoms with Crippen LogP contribution in [0.5, 0.6) is 23.0 Å². The molecule has 3 aromatic carbocycles. The smallest absolute Gasteiger partial charge is 0.294 e. The van der Waals surface area contributed by atoms with Gasteiger partial charge < -0.3 is 24.3 Å². The Hall–Kier alpha value is -4.56. The molecule has 0 aromatic heterocycles. The number of carbonyl (C=O) groups is 3. The predicted octanol–water partition coefficient (Wildman–Crippen LogP) is 5.74. The number of hydrogen-bond donors (Lipinski definition) is 1. The summed E-state index contributed by atoms with van der Waals surface area (Å²) < 4.78 is 22.8. The van der Waals surface area contributed by atoms with Crippen LogP contribution in [0.15, 0.2) is 64.0 Å². The highest BCUT2D eigenvalue weighted by molar-refractivity contribution is 9.10. The zero-order valence-electron chi connectivity index (χ0n) is 22.0. The minimum Gasteiger partial charge on any atom is -0.490 e. The summed E-state index contributed by atoms with van der Waals surface area (Å²) in [5, 5.41) is 13.0. The lowest BCUT2D eigenvalue weighted by molar-refractivity contribution is -0.384. The van der Waals surface area contributed by atoms with E-state index >= 15 is 0 Å². The summed E-state index contributed by atoms with van der Waals surface area (Å²) in [6, 6.07) is 14.3. The van der Waals surface area contributed by atoms with Crippen molar-refractivity contribution in [3.63, 3.8) is 0 Å². The quantitative estimate of drug-likeness (QED) is 0.163. The van der Waals surface area contributed by atoms with Crippen molar-refractivity contribution in [3.05, 3.63) is 85.2 Å². The van der Waals surface area contributed by atoms with E-state index in [1.165, 1.54) is 18.2 Å². The molecule has 3 aromatic rings. The van der Waals surface area contributed by atoms with Gasteiger partial charge in [-0.1, -0.05) is 0 Å². The standard InChI is InChI=1S/C28H22BrN3O9S/c1-2-38-23-10-17(9-20(29)26(23)39-14-16-3-6-19(7-4-16)32(36)37)11-24-27(34)31(28(35)42-24)13-25(33)30-18-5-8-21-22(12-18)41-15-40-21/h3-12H,2,13-15H2,1H3,(H,30,33)/b24-11+. The van der Waals surface area contributed by atoms with Crippen molar-refractivity contribution in [1.29, 1.82) is 0 Å². The second-order valence-corrected chi connectivity index (χ2v) is 10.7. The Morgan fingerprint density at radius 1 is 1.12 bits per heavy atom. The van der Waals surface area contributed by atoms with Gasteiger partial charge in [-0.05, 0) is 88.2 Å². The molecule has 2 aliphatic rings. The van der Waals surface area contributed by atoms with Crippen LogP contribution in [0.25, 0.3) is 6.08 Å². The SMILES string of the molecule is CCOc1cc(/C=C2/SC(=O)N(CC(=O)Nc3ccc4c(c3)OCO4)C2=O)cc(Br)c1OCc1ccc([N+](=O)[O-])cc1. The van der Waals surface area contributed by atoms with Crippen molar-refractivity contribution in [3.8, 4) is 23.0 Å². The molecule has 2 heterocycles. The molecule has 0 spiro atoms. The van der Waals surface area contributed by atoms with Gasteiger partial charge >= 0.3 is 0 Å². The van der Waals surface area contributed by atoms with E-state index in [0.717, 1.165) is 22.2 Å². The van der Waals surface area contributed by atoms with Gasteiger partial charge in [0.15, 0.2) is 23.0 Å². The van der Waals surface area contributed by atoms with Crippen LogP contribution in [0.3, 0.4) is 0 Å². The lowest BCUT2D eigenvalue weighted by Gasteiger charge is -2.15. The Labute approximate surface area is 251 Å². The molecule has 1 saturated heterocycles. The average Bonchev–Trinajstić information content (AvgIpc) is 3.52. The number of non-ortho nitro benzene ring substituents is 1. The molecule has 3 amide bonds. The molecule has 2 aliphatic heterocycles. The number of hydrogen-bond acceptors (Lipinski definition) is 10. The fourth-order valence-corrected chi connectivity index (χ4v) is 5.46. The van der Waals surface area contributed by atoms with Gasteiger partial charge in [-0.25, -0.2) is 0 Å². The zero-order valence-corrected chi connectivity index (χ0v) is 24.4. The van der Waals surface area contributed by atoms with E-state index in [-0.39, 0.29) is 24.0 Å². The number of ether oxygens (including phenoxy) is 4. The second kappa shape index (κ2) is 12.5. The third-order valence-electron chi connectivity index (χ3n) is 5.99. The third-order valence-corrected chi connectivity index (χ3v) is 7.49. The first-order chi connectivity index (χ1) is 20.2. The summed E-state index contributed by atoms with van der Waals surface area (Å²) in [5.41, 5.74) is 1.70. The van der Waals surface area contributed by atoms with Gasteiger partial charge in [-0.2, -0.15) is 0 Å². The minimum atomic E-state index is -0.599. The average molecular weight is 656 g/mol. The number of nitrogens with zero attached hydrogens (tertiary/aromatic N) is 2. The van der Waals surface area contributed by atoms with Crippen molar-refractivity contribution in [2.45, 2.75) is 13.5 Å². The van der Waals surface area contributed by atoms with Crippen LogP contribution in [0.4, 0.5) is 16.2 Å². The van der Waals surface area contributed by atoms with Gasteiger partial charge in [0.1, 0.15) is 13.2 Å². The van der Waals surface area contributed by atoms with Gasteiger partial charge in [0.25, 0.3) is 16.8 Å². The van der Waals surface area contributed by atoms with E-state index in [4.69, 9.17) is 18.9 Å². The van der Waals surface area contributed by atoms with Crippen LogP contribution >= 0.6 is 27.7 Å². The summed E-state index contributed by atoms with van der Waals surface area (Å²) >= 11 is 4.21. The maximum Gasteiger partial charge on any atom is 0.294 e. The fourth-order valence-electron chi connectivity index (χ4n) is 4.05. The number of thioether (sulfide) groups is 1. The number of amides is 3. The summed E-state index contributed by atoms with van der Waals surface area (Å²) in [6.07, 6.45) is 1.54. The molecule has 12 nitrogen and oxygen atoms in total. The van der Waals surface area contributed by atoms with E-state index in [0.29, 0.717) is 45.3 Å². The maximum atomic E-state index is 13.0. The summed E-state index contributed by atoms with van der Waals surface area (Å²) in [6.45, 7) is 1.90. The van der Waals surface area contributed by atoms with E-state index in [1.807, 2.05) is 0 Å². The Kier molecular flexibility index (Phi) is 8.64. The Bertz CT molecular complexity index is 1610. The van der Waals surface area contributed by atoms with Gasteiger partial charge in [0, 0.05) is 23.9 Å². The molecule has 0 saturated carbocycles. The van der Waals surface area contributed by atoms with Gasteiger partial charge in [0.05, 0.1) is 20.9 Å². The van der Waals surface area contributed by atoms with Crippen molar-refractivity contribution in [2.24, 2.45) is 0 Å². The lowest BCUT2D eigenvalue weighted by atomic mass is 10.1. The van der Waals surface area contributed by atoms with Gasteiger partial charge in [-0.15, -0.1) is 0 Å². The molecule has 1 fully saturated rings. The van der Waals surface area contributed by atoms with E-state index in [1.54, 1.807) is 49.4 Å². The fraction of sp³-hybridized carbons (Fsp3) is 0.179. The summed E-state index contributed by atoms with van der Waals surface area (Å²) in [7, 11) is 0. The third kappa shape index (κ3) is 6.50. The molecule has 1 N–H and O–H groups in total. The normalized spacial score (nSPS) is 14.8. The van der Waals surface area contributed by atoms with Crippen molar-refractivity contribution < 1.29 is 38.3 Å². The first-order valence-corrected chi connectivity index (χ1v) is 14.1. The van der Waals surface area contributed by atoms with Crippen molar-refractivity contribution in [1.82, 2.24) is 4.90 Å². The van der Waals surface area contributed by atoms with Crippen molar-refractivity contribution in [2.75, 3.05) is 25.3 Å². The van der Waals surface area contributed by atoms with Crippen LogP contribution in [0.1, 0.15) is 18.1 Å². The van der Waals surface area contributed by atoms with Crippen LogP contribution in [-0.4, -0.2) is 46.8 Å². The molecular weight excluding hydrogens is 634 g/mol. The van der Waals surface area contributed by atoms with Crippen molar-refractivity contribution >= 4 is 62.2 Å². The van der Waals surface area contributed by atoms with Gasteiger partial charge in [-0.3, -0.25) is 29.4 Å². The number of carbonyl (C=O) groups excluding carboxylic acids is 3. The Morgan fingerprint density at radius 3 is 2.62 bits per heavy atom. The number of rotatable bonds is 10. The number of imide groups is 1. The monoisotopic (exact) mass is 655 g/mol. The molecule has 0 aliphatic carbocycles. The number of nitro benzene ring substituents is 1. The minimum absolute atomic E-state index is 0.0194. The number of nitro groups is 1. The van der Waals surface area contributed by atoms with Crippen LogP contribution in [0, 0.1) is 10.1 Å². The number of nitrogens with one attached hydrogen (secondary N) is 1. The topological polar surface area (TPSA) is 147 Å². The first-order valence-electron chi connectivity index (χ1n) is 12.5. The van der Waals surface area contributed by atoms with E-state index < -0.39 is 28.5 Å². The summed E-state index contributed by atoms with van der Waals surface area (Å²) in [4.78, 5) is 49.7. The van der Waals surface area contributed by atoms with Crippen LogP contribution in [-0.2, 0) is 16.2 Å². The van der Waals surface area contributed by atoms with E-state index in [2.05, 4.69) is 21.2 Å². The van der Waals surface area contributed by atoms with Crippen LogP contribution in [0.2, 0.25) is 0 Å². The lowest BCUT2D eigenvalue weighted by Crippen LogP contribution is -2.36. The molecule has 0 bridgehead atoms. The molecule has 0 atom stereocenters. The predicted molar refractivity (Wildman–Crippen MR) is 157 cm³/mol. The van der Waals surface area contributed by atoms with Gasteiger partial charge in [0.2, 0.25) is 12.7 Å². The van der Waals surface area contributed by atoms with E-state index in [9.17, 15) is 24.5 Å². The molecular formula is C28H22BrN3O9S. The molecule has 5 rings (SSSR count). The highest BCUT2D eigenvalue weighted by atomic mass is 79.9. The number of fused-ring (bicyclic) bond motifs is 1. The molecule has 42 heavy (non-hydrogen) atoms. The number of benzene rings is 3. The highest BCUT2D eigenvalue weighted by Crippen LogP contribution is 2.40. The Balaban J connectivity index is 1.27.